The molecule has 4 nitrogen and oxygen atoms in total. The average molecular weight is 213 g/mol. The van der Waals surface area contributed by atoms with Crippen LogP contribution in [-0.2, 0) is 0 Å². The molecule has 0 spiro atoms. The molecule has 80 valence electrons. The minimum Gasteiger partial charge on any atom is -0.327 e. The lowest BCUT2D eigenvalue weighted by Gasteiger charge is -1.96. The second-order valence-electron chi connectivity index (χ2n) is 3.91. The van der Waals surface area contributed by atoms with E-state index in [1.165, 1.54) is 0 Å². The molecule has 0 unspecified atom stereocenters. The number of hydrogen-bond donors (Lipinski definition) is 1. The number of H-pyrrole nitrogens is 1. The molecule has 0 saturated heterocycles. The topological polar surface area (TPSA) is 50.2 Å². The molecule has 0 atom stereocenters. The molecule has 0 aliphatic rings. The Balaban J connectivity index is 2.57. The van der Waals surface area contributed by atoms with Crippen LogP contribution in [-0.4, -0.2) is 20.2 Å². The van der Waals surface area contributed by atoms with Gasteiger partial charge in [-0.25, -0.2) is 4.98 Å². The van der Waals surface area contributed by atoms with Gasteiger partial charge in [0.05, 0.1) is 11.0 Å². The second kappa shape index (κ2) is 2.95. The van der Waals surface area contributed by atoms with Gasteiger partial charge >= 0.3 is 0 Å². The summed E-state index contributed by atoms with van der Waals surface area (Å²) in [6.07, 6.45) is 0. The highest BCUT2D eigenvalue weighted by atomic mass is 16.1. The van der Waals surface area contributed by atoms with E-state index in [-0.39, 0.29) is 5.78 Å². The first-order valence-corrected chi connectivity index (χ1v) is 5.15. The number of hydrogen-bond acceptors (Lipinski definition) is 2. The normalized spacial score (nSPS) is 11.4. The van der Waals surface area contributed by atoms with Gasteiger partial charge in [0.15, 0.2) is 5.78 Å². The number of nitrogens with zero attached hydrogens (tertiary/aromatic N) is 2. The first-order valence-electron chi connectivity index (χ1n) is 5.15. The Morgan fingerprint density at radius 1 is 1.38 bits per heavy atom. The summed E-state index contributed by atoms with van der Waals surface area (Å²) in [4.78, 5) is 19.2. The Morgan fingerprint density at radius 3 is 2.88 bits per heavy atom. The van der Waals surface area contributed by atoms with Gasteiger partial charge in [0, 0.05) is 12.6 Å². The van der Waals surface area contributed by atoms with E-state index in [2.05, 4.69) is 9.97 Å². The van der Waals surface area contributed by atoms with Crippen LogP contribution >= 0.6 is 0 Å². The van der Waals surface area contributed by atoms with Crippen LogP contribution in [0.25, 0.3) is 16.8 Å². The highest BCUT2D eigenvalue weighted by Crippen LogP contribution is 2.20. The van der Waals surface area contributed by atoms with Crippen LogP contribution in [0.3, 0.4) is 0 Å². The fourth-order valence-electron chi connectivity index (χ4n) is 2.15. The van der Waals surface area contributed by atoms with Crippen LogP contribution in [0, 0.1) is 6.92 Å². The molecule has 3 rings (SSSR count). The van der Waals surface area contributed by atoms with Crippen LogP contribution in [0.4, 0.5) is 0 Å². The van der Waals surface area contributed by atoms with Gasteiger partial charge in [-0.1, -0.05) is 12.1 Å². The van der Waals surface area contributed by atoms with Crippen molar-refractivity contribution in [2.24, 2.45) is 0 Å². The minimum absolute atomic E-state index is 0.0481. The lowest BCUT2D eigenvalue weighted by atomic mass is 10.2. The third-order valence-electron chi connectivity index (χ3n) is 2.77. The number of ketones is 1. The zero-order chi connectivity index (χ0) is 11.3. The summed E-state index contributed by atoms with van der Waals surface area (Å²) in [7, 11) is 0. The van der Waals surface area contributed by atoms with Crippen LogP contribution in [0.15, 0.2) is 24.3 Å². The van der Waals surface area contributed by atoms with E-state index in [0.29, 0.717) is 5.69 Å². The molecule has 0 fully saturated rings. The van der Waals surface area contributed by atoms with Crippen LogP contribution < -0.4 is 0 Å². The first-order chi connectivity index (χ1) is 7.68. The SMILES string of the molecule is CC(=O)c1c(C)[nH]c2nc3ccccc3n12. The predicted octanol–water partition coefficient (Wildman–Crippen LogP) is 2.33. The van der Waals surface area contributed by atoms with Gasteiger partial charge in [0.25, 0.3) is 0 Å². The number of aromatic nitrogens is 3. The summed E-state index contributed by atoms with van der Waals surface area (Å²) in [5.74, 6) is 0.774. The fourth-order valence-corrected chi connectivity index (χ4v) is 2.15. The van der Waals surface area contributed by atoms with E-state index in [9.17, 15) is 4.79 Å². The summed E-state index contributed by atoms with van der Waals surface area (Å²) < 4.78 is 1.88. The van der Waals surface area contributed by atoms with Crippen molar-refractivity contribution in [2.45, 2.75) is 13.8 Å². The molecular weight excluding hydrogens is 202 g/mol. The number of rotatable bonds is 1. The Bertz CT molecular complexity index is 706. The molecule has 3 aromatic rings. The van der Waals surface area contributed by atoms with Gasteiger partial charge in [-0.15, -0.1) is 0 Å². The number of imidazole rings is 2. The number of carbonyl (C=O) groups excluding carboxylic acids is 1. The van der Waals surface area contributed by atoms with E-state index in [1.54, 1.807) is 6.92 Å². The molecule has 0 radical (unpaired) electrons. The lowest BCUT2D eigenvalue weighted by Crippen LogP contribution is -1.99. The van der Waals surface area contributed by atoms with Crippen molar-refractivity contribution in [2.75, 3.05) is 0 Å². The fraction of sp³-hybridized carbons (Fsp3) is 0.167. The van der Waals surface area contributed by atoms with E-state index in [0.717, 1.165) is 22.5 Å². The van der Waals surface area contributed by atoms with E-state index in [4.69, 9.17) is 0 Å². The second-order valence-corrected chi connectivity index (χ2v) is 3.91. The maximum absolute atomic E-state index is 11.6. The number of fused-ring (bicyclic) bond motifs is 3. The maximum Gasteiger partial charge on any atom is 0.213 e. The van der Waals surface area contributed by atoms with Gasteiger partial charge in [-0.3, -0.25) is 9.20 Å². The van der Waals surface area contributed by atoms with Crippen molar-refractivity contribution in [3.8, 4) is 0 Å². The standard InChI is InChI=1S/C12H11N3O/c1-7-11(8(2)16)15-10-6-4-3-5-9(10)14-12(15)13-7/h3-6H,1-2H3,(H,13,14). The number of para-hydroxylation sites is 2. The number of carbonyl (C=O) groups is 1. The molecule has 4 heteroatoms. The minimum atomic E-state index is 0.0481. The number of nitrogens with one attached hydrogen (secondary N) is 1. The van der Waals surface area contributed by atoms with E-state index in [1.807, 2.05) is 35.6 Å². The third-order valence-corrected chi connectivity index (χ3v) is 2.77. The quantitative estimate of drug-likeness (QED) is 0.631. The van der Waals surface area contributed by atoms with Crippen LogP contribution in [0.1, 0.15) is 23.1 Å². The molecule has 2 aromatic heterocycles. The van der Waals surface area contributed by atoms with Gasteiger partial charge < -0.3 is 4.98 Å². The zero-order valence-electron chi connectivity index (χ0n) is 9.11. The summed E-state index contributed by atoms with van der Waals surface area (Å²) >= 11 is 0. The Hall–Kier alpha value is -2.10. The summed E-state index contributed by atoms with van der Waals surface area (Å²) in [5, 5.41) is 0. The molecular formula is C12H11N3O. The molecule has 2 heterocycles. The monoisotopic (exact) mass is 213 g/mol. The van der Waals surface area contributed by atoms with Gasteiger partial charge in [-0.05, 0) is 19.1 Å². The molecule has 0 bridgehead atoms. The van der Waals surface area contributed by atoms with E-state index < -0.39 is 0 Å². The molecule has 0 aliphatic carbocycles. The zero-order valence-corrected chi connectivity index (χ0v) is 9.11. The third kappa shape index (κ3) is 1.04. The van der Waals surface area contributed by atoms with Crippen molar-refractivity contribution >= 4 is 22.6 Å². The van der Waals surface area contributed by atoms with Crippen molar-refractivity contribution in [1.29, 1.82) is 0 Å². The summed E-state index contributed by atoms with van der Waals surface area (Å²) in [5.41, 5.74) is 3.41. The first kappa shape index (κ1) is 9.15. The summed E-state index contributed by atoms with van der Waals surface area (Å²) in [6, 6.07) is 7.79. The smallest absolute Gasteiger partial charge is 0.213 e. The molecule has 0 saturated carbocycles. The lowest BCUT2D eigenvalue weighted by molar-refractivity contribution is 0.101. The Labute approximate surface area is 91.9 Å². The molecule has 1 N–H and O–H groups in total. The van der Waals surface area contributed by atoms with Crippen molar-refractivity contribution in [3.63, 3.8) is 0 Å². The Morgan fingerprint density at radius 2 is 2.12 bits per heavy atom. The highest BCUT2D eigenvalue weighted by Gasteiger charge is 2.15. The Kier molecular flexibility index (Phi) is 1.68. The van der Waals surface area contributed by atoms with Crippen molar-refractivity contribution < 1.29 is 4.79 Å². The average Bonchev–Trinajstić information content (AvgIpc) is 2.71. The highest BCUT2D eigenvalue weighted by molar-refractivity contribution is 5.96. The molecule has 0 aliphatic heterocycles. The number of aryl methyl sites for hydroxylation is 1. The maximum atomic E-state index is 11.6. The number of benzene rings is 1. The van der Waals surface area contributed by atoms with Gasteiger partial charge in [0.2, 0.25) is 5.78 Å². The molecule has 1 aromatic carbocycles. The van der Waals surface area contributed by atoms with Crippen LogP contribution in [0.2, 0.25) is 0 Å². The van der Waals surface area contributed by atoms with Gasteiger partial charge in [0.1, 0.15) is 5.69 Å². The van der Waals surface area contributed by atoms with E-state index >= 15 is 0 Å². The molecule has 16 heavy (non-hydrogen) atoms. The largest absolute Gasteiger partial charge is 0.327 e. The van der Waals surface area contributed by atoms with Crippen molar-refractivity contribution in [1.82, 2.24) is 14.4 Å². The van der Waals surface area contributed by atoms with Crippen LogP contribution in [0.5, 0.6) is 0 Å². The number of aromatic amines is 1. The van der Waals surface area contributed by atoms with Crippen molar-refractivity contribution in [3.05, 3.63) is 35.7 Å². The van der Waals surface area contributed by atoms with Gasteiger partial charge in [-0.2, -0.15) is 0 Å². The summed E-state index contributed by atoms with van der Waals surface area (Å²) in [6.45, 7) is 3.46. The predicted molar refractivity (Wildman–Crippen MR) is 61.8 cm³/mol. The number of Topliss-reactive ketones (excluding diaryl/α,β-unsaturated/α-hetero) is 1. The molecule has 0 amide bonds.